The molecule has 0 aromatic carbocycles. The Bertz CT molecular complexity index is 285. The van der Waals surface area contributed by atoms with Gasteiger partial charge in [0.15, 0.2) is 0 Å². The highest BCUT2D eigenvalue weighted by Gasteiger charge is 1.93. The summed E-state index contributed by atoms with van der Waals surface area (Å²) in [6.07, 6.45) is 10.7. The van der Waals surface area contributed by atoms with Gasteiger partial charge in [0, 0.05) is 5.75 Å². The lowest BCUT2D eigenvalue weighted by Crippen LogP contribution is -1.82. The number of thioether (sulfide) groups is 1. The molecule has 0 nitrogen and oxygen atoms in total. The molecule has 0 N–H and O–H groups in total. The van der Waals surface area contributed by atoms with Crippen molar-refractivity contribution in [1.29, 1.82) is 0 Å². The van der Waals surface area contributed by atoms with Crippen molar-refractivity contribution in [2.24, 2.45) is 0 Å². The van der Waals surface area contributed by atoms with Crippen molar-refractivity contribution in [3.05, 3.63) is 9.52 Å². The highest BCUT2D eigenvalue weighted by atomic mass is 35.5. The first-order valence-electron chi connectivity index (χ1n) is 6.52. The van der Waals surface area contributed by atoms with E-state index in [1.54, 1.807) is 11.8 Å². The molecule has 0 aliphatic rings. The normalized spacial score (nSPS) is 9.78. The zero-order valence-electron chi connectivity index (χ0n) is 10.9. The summed E-state index contributed by atoms with van der Waals surface area (Å²) in [5.74, 6) is 3.75. The molecule has 0 aliphatic carbocycles. The average molecular weight is 328 g/mol. The van der Waals surface area contributed by atoms with Crippen LogP contribution in [0.4, 0.5) is 0 Å². The molecule has 0 rings (SSSR count). The molecule has 0 saturated heterocycles. The second-order valence-electron chi connectivity index (χ2n) is 4.12. The maximum Gasteiger partial charge on any atom is 0.133 e. The maximum atomic E-state index is 5.67. The van der Waals surface area contributed by atoms with Gasteiger partial charge in [-0.3, -0.25) is 0 Å². The third-order valence-corrected chi connectivity index (χ3v) is 4.09. The summed E-state index contributed by atoms with van der Waals surface area (Å²) in [4.78, 5) is 0. The van der Waals surface area contributed by atoms with E-state index in [1.165, 1.54) is 51.4 Å². The summed E-state index contributed by atoms with van der Waals surface area (Å²) >= 11 is 18.2. The molecular weight excluding hydrogens is 307 g/mol. The van der Waals surface area contributed by atoms with Crippen LogP contribution in [0.1, 0.15) is 58.3 Å². The van der Waals surface area contributed by atoms with Crippen molar-refractivity contribution in [3.8, 4) is 11.2 Å². The highest BCUT2D eigenvalue weighted by Crippen LogP contribution is 2.17. The van der Waals surface area contributed by atoms with Crippen molar-refractivity contribution in [2.75, 3.05) is 5.75 Å². The Morgan fingerprint density at radius 3 is 2.00 bits per heavy atom. The van der Waals surface area contributed by atoms with E-state index in [-0.39, 0.29) is 9.52 Å². The Kier molecular flexibility index (Phi) is 14.3. The first kappa shape index (κ1) is 18.5. The van der Waals surface area contributed by atoms with Crippen molar-refractivity contribution in [3.63, 3.8) is 0 Å². The highest BCUT2D eigenvalue weighted by molar-refractivity contribution is 8.03. The standard InChI is InChI=1S/C14H21Cl3S/c1-2-3-4-5-6-7-8-9-11-18-12-10-13(15)14(16)17/h2-9,11H2,1H3. The van der Waals surface area contributed by atoms with E-state index in [9.17, 15) is 0 Å². The lowest BCUT2D eigenvalue weighted by molar-refractivity contribution is 0.586. The second kappa shape index (κ2) is 13.9. The fraction of sp³-hybridized carbons (Fsp3) is 0.714. The Morgan fingerprint density at radius 1 is 0.889 bits per heavy atom. The van der Waals surface area contributed by atoms with Crippen LogP contribution in [-0.4, -0.2) is 5.75 Å². The number of hydrogen-bond acceptors (Lipinski definition) is 1. The van der Waals surface area contributed by atoms with Crippen molar-refractivity contribution in [2.45, 2.75) is 58.3 Å². The molecule has 0 aliphatic heterocycles. The van der Waals surface area contributed by atoms with Gasteiger partial charge < -0.3 is 0 Å². The molecule has 0 aromatic heterocycles. The van der Waals surface area contributed by atoms with Gasteiger partial charge in [0.2, 0.25) is 0 Å². The summed E-state index contributed by atoms with van der Waals surface area (Å²) in [5, 5.41) is 3.12. The number of rotatable bonds is 9. The Hall–Kier alpha value is 0.520. The monoisotopic (exact) mass is 326 g/mol. The van der Waals surface area contributed by atoms with Crippen LogP contribution in [0.2, 0.25) is 0 Å². The van der Waals surface area contributed by atoms with Crippen LogP contribution in [0.3, 0.4) is 0 Å². The molecule has 0 radical (unpaired) electrons. The Morgan fingerprint density at radius 2 is 1.44 bits per heavy atom. The molecule has 0 amide bonds. The van der Waals surface area contributed by atoms with Gasteiger partial charge in [-0.1, -0.05) is 98.4 Å². The van der Waals surface area contributed by atoms with Crippen LogP contribution < -0.4 is 0 Å². The van der Waals surface area contributed by atoms with E-state index in [4.69, 9.17) is 34.8 Å². The molecule has 0 bridgehead atoms. The third kappa shape index (κ3) is 13.0. The largest absolute Gasteiger partial charge is 0.133 e. The Balaban J connectivity index is 3.29. The van der Waals surface area contributed by atoms with E-state index in [1.807, 2.05) is 0 Å². The molecular formula is C14H21Cl3S. The quantitative estimate of drug-likeness (QED) is 0.335. The minimum Gasteiger partial charge on any atom is -0.0747 e. The van der Waals surface area contributed by atoms with Gasteiger partial charge in [-0.05, 0) is 17.6 Å². The number of hydrogen-bond donors (Lipinski definition) is 0. The lowest BCUT2D eigenvalue weighted by atomic mass is 10.1. The second-order valence-corrected chi connectivity index (χ2v) is 6.35. The van der Waals surface area contributed by atoms with Crippen molar-refractivity contribution in [1.82, 2.24) is 0 Å². The molecule has 18 heavy (non-hydrogen) atoms. The number of allylic oxidation sites excluding steroid dienone is 1. The SMILES string of the molecule is CCCCCCCCCCSC#CC(Cl)=C(Cl)Cl. The van der Waals surface area contributed by atoms with Crippen LogP contribution in [0.5, 0.6) is 0 Å². The molecule has 0 spiro atoms. The molecule has 4 heteroatoms. The number of halogens is 3. The molecule has 0 atom stereocenters. The predicted octanol–water partition coefficient (Wildman–Crippen LogP) is 6.71. The minimum atomic E-state index is 0.0387. The summed E-state index contributed by atoms with van der Waals surface area (Å²) in [6, 6.07) is 0. The molecule has 0 heterocycles. The van der Waals surface area contributed by atoms with Crippen LogP contribution in [0.25, 0.3) is 0 Å². The van der Waals surface area contributed by atoms with Crippen LogP contribution in [0, 0.1) is 11.2 Å². The topological polar surface area (TPSA) is 0 Å². The van der Waals surface area contributed by atoms with Gasteiger partial charge in [-0.15, -0.1) is 0 Å². The van der Waals surface area contributed by atoms with E-state index < -0.39 is 0 Å². The van der Waals surface area contributed by atoms with Crippen molar-refractivity contribution >= 4 is 46.6 Å². The van der Waals surface area contributed by atoms with Gasteiger partial charge in [-0.2, -0.15) is 0 Å². The predicted molar refractivity (Wildman–Crippen MR) is 87.4 cm³/mol. The minimum absolute atomic E-state index is 0.0387. The van der Waals surface area contributed by atoms with E-state index in [0.29, 0.717) is 0 Å². The maximum absolute atomic E-state index is 5.67. The van der Waals surface area contributed by atoms with E-state index >= 15 is 0 Å². The summed E-state index contributed by atoms with van der Waals surface area (Å²) < 4.78 is 0.0387. The molecule has 0 fully saturated rings. The van der Waals surface area contributed by atoms with Gasteiger partial charge in [0.05, 0.1) is 0 Å². The zero-order valence-corrected chi connectivity index (χ0v) is 14.0. The first-order chi connectivity index (χ1) is 8.68. The zero-order chi connectivity index (χ0) is 13.6. The number of unbranched alkanes of at least 4 members (excludes halogenated alkanes) is 7. The van der Waals surface area contributed by atoms with Crippen molar-refractivity contribution < 1.29 is 0 Å². The Labute approximate surface area is 131 Å². The van der Waals surface area contributed by atoms with Gasteiger partial charge in [-0.25, -0.2) is 0 Å². The summed E-state index contributed by atoms with van der Waals surface area (Å²) in [6.45, 7) is 2.25. The lowest BCUT2D eigenvalue weighted by Gasteiger charge is -1.99. The van der Waals surface area contributed by atoms with Gasteiger partial charge in [0.25, 0.3) is 0 Å². The van der Waals surface area contributed by atoms with E-state index in [0.717, 1.165) is 5.75 Å². The summed E-state index contributed by atoms with van der Waals surface area (Å²) in [7, 11) is 0. The fourth-order valence-electron chi connectivity index (χ4n) is 1.49. The molecule has 0 unspecified atom stereocenters. The first-order valence-corrected chi connectivity index (χ1v) is 8.64. The van der Waals surface area contributed by atoms with Gasteiger partial charge in [0.1, 0.15) is 9.52 Å². The molecule has 0 aromatic rings. The fourth-order valence-corrected chi connectivity index (χ4v) is 2.31. The summed E-state index contributed by atoms with van der Waals surface area (Å²) in [5.41, 5.74) is 0. The molecule has 0 saturated carbocycles. The van der Waals surface area contributed by atoms with Crippen LogP contribution in [-0.2, 0) is 0 Å². The van der Waals surface area contributed by atoms with Gasteiger partial charge >= 0.3 is 0 Å². The smallest absolute Gasteiger partial charge is 0.0747 e. The molecule has 104 valence electrons. The van der Waals surface area contributed by atoms with Crippen LogP contribution in [0.15, 0.2) is 9.52 Å². The van der Waals surface area contributed by atoms with Crippen LogP contribution >= 0.6 is 46.6 Å². The average Bonchev–Trinajstić information content (AvgIpc) is 2.35. The van der Waals surface area contributed by atoms with E-state index in [2.05, 4.69) is 18.1 Å². The third-order valence-electron chi connectivity index (χ3n) is 2.50.